The lowest BCUT2D eigenvalue weighted by atomic mass is 10.1. The van der Waals surface area contributed by atoms with Crippen LogP contribution in [0.4, 0.5) is 0 Å². The molecule has 0 aliphatic heterocycles. The summed E-state index contributed by atoms with van der Waals surface area (Å²) in [6, 6.07) is 13.4. The van der Waals surface area contributed by atoms with Gasteiger partial charge in [-0.15, -0.1) is 0 Å². The number of hydrogen-bond donors (Lipinski definition) is 0. The van der Waals surface area contributed by atoms with Crippen molar-refractivity contribution in [3.63, 3.8) is 0 Å². The molecule has 0 saturated heterocycles. The molecule has 0 atom stereocenters. The number of hydrogen-bond acceptors (Lipinski definition) is 4. The fourth-order valence-electron chi connectivity index (χ4n) is 2.12. The van der Waals surface area contributed by atoms with Crippen LogP contribution < -0.4 is 9.47 Å². The minimum Gasteiger partial charge on any atom is -0.490 e. The Balaban J connectivity index is 2.46. The third-order valence-corrected chi connectivity index (χ3v) is 3.12. The number of nitrogens with zero attached hydrogens (tertiary/aromatic N) is 2. The normalized spacial score (nSPS) is 10.9. The summed E-state index contributed by atoms with van der Waals surface area (Å²) < 4.78 is 11.5. The quantitative estimate of drug-likeness (QED) is 0.714. The van der Waals surface area contributed by atoms with Gasteiger partial charge in [-0.3, -0.25) is 4.98 Å². The average molecular weight is 308 g/mol. The number of para-hydroxylation sites is 1. The molecule has 0 bridgehead atoms. The number of nitriles is 1. The Labute approximate surface area is 137 Å². The first-order valence-electron chi connectivity index (χ1n) is 7.72. The van der Waals surface area contributed by atoms with Crippen LogP contribution in [0.25, 0.3) is 11.6 Å². The predicted octanol–water partition coefficient (Wildman–Crippen LogP) is 4.33. The van der Waals surface area contributed by atoms with Gasteiger partial charge < -0.3 is 9.47 Å². The zero-order chi connectivity index (χ0) is 16.5. The number of allylic oxidation sites excluding steroid dienone is 1. The molecule has 4 heteroatoms. The second-order valence-electron chi connectivity index (χ2n) is 4.84. The number of ether oxygens (including phenoxy) is 2. The van der Waals surface area contributed by atoms with Crippen molar-refractivity contribution in [2.75, 3.05) is 13.2 Å². The lowest BCUT2D eigenvalue weighted by Gasteiger charge is -2.14. The van der Waals surface area contributed by atoms with Crippen LogP contribution in [0, 0.1) is 11.3 Å². The maximum atomic E-state index is 9.45. The van der Waals surface area contributed by atoms with Gasteiger partial charge in [0.1, 0.15) is 6.07 Å². The summed E-state index contributed by atoms with van der Waals surface area (Å²) in [5.41, 5.74) is 1.94. The topological polar surface area (TPSA) is 55.1 Å². The number of rotatable bonds is 7. The number of benzene rings is 1. The lowest BCUT2D eigenvalue weighted by Crippen LogP contribution is -2.01. The van der Waals surface area contributed by atoms with E-state index in [9.17, 15) is 5.26 Å². The van der Waals surface area contributed by atoms with E-state index in [2.05, 4.69) is 11.1 Å². The second-order valence-corrected chi connectivity index (χ2v) is 4.84. The summed E-state index contributed by atoms with van der Waals surface area (Å²) in [6.45, 7) is 5.13. The van der Waals surface area contributed by atoms with Crippen molar-refractivity contribution in [3.05, 3.63) is 53.9 Å². The van der Waals surface area contributed by atoms with Crippen molar-refractivity contribution in [2.24, 2.45) is 0 Å². The van der Waals surface area contributed by atoms with Crippen LogP contribution in [0.15, 0.2) is 42.6 Å². The minimum atomic E-state index is 0.487. The van der Waals surface area contributed by atoms with Gasteiger partial charge in [-0.1, -0.05) is 25.1 Å². The van der Waals surface area contributed by atoms with Gasteiger partial charge in [0.25, 0.3) is 0 Å². The molecule has 1 aromatic carbocycles. The van der Waals surface area contributed by atoms with Crippen LogP contribution in [0.5, 0.6) is 11.5 Å². The highest BCUT2D eigenvalue weighted by Gasteiger charge is 2.11. The molecule has 0 aliphatic carbocycles. The Bertz CT molecular complexity index is 703. The van der Waals surface area contributed by atoms with Gasteiger partial charge in [0.2, 0.25) is 0 Å². The summed E-state index contributed by atoms with van der Waals surface area (Å²) in [5.74, 6) is 1.35. The lowest BCUT2D eigenvalue weighted by molar-refractivity contribution is 0.276. The molecule has 0 fully saturated rings. The van der Waals surface area contributed by atoms with Crippen LogP contribution in [0.1, 0.15) is 31.5 Å². The summed E-state index contributed by atoms with van der Waals surface area (Å²) in [6.07, 6.45) is 4.36. The van der Waals surface area contributed by atoms with Gasteiger partial charge in [0.05, 0.1) is 24.5 Å². The molecule has 2 rings (SSSR count). The maximum absolute atomic E-state index is 9.45. The number of pyridine rings is 1. The van der Waals surface area contributed by atoms with Crippen LogP contribution in [0.3, 0.4) is 0 Å². The molecular formula is C19H20N2O2. The third kappa shape index (κ3) is 4.33. The van der Waals surface area contributed by atoms with Gasteiger partial charge in [-0.25, -0.2) is 0 Å². The highest BCUT2D eigenvalue weighted by Crippen LogP contribution is 2.34. The van der Waals surface area contributed by atoms with Gasteiger partial charge in [0, 0.05) is 11.8 Å². The van der Waals surface area contributed by atoms with E-state index in [4.69, 9.17) is 9.47 Å². The van der Waals surface area contributed by atoms with E-state index in [0.717, 1.165) is 12.0 Å². The molecule has 23 heavy (non-hydrogen) atoms. The Morgan fingerprint density at radius 3 is 2.70 bits per heavy atom. The fraction of sp³-hybridized carbons (Fsp3) is 0.263. The van der Waals surface area contributed by atoms with Crippen molar-refractivity contribution in [2.45, 2.75) is 20.3 Å². The molecular weight excluding hydrogens is 288 g/mol. The molecule has 0 spiro atoms. The molecule has 4 nitrogen and oxygen atoms in total. The summed E-state index contributed by atoms with van der Waals surface area (Å²) >= 11 is 0. The molecule has 0 N–H and O–H groups in total. The molecule has 0 saturated carbocycles. The number of aromatic nitrogens is 1. The Kier molecular flexibility index (Phi) is 6.19. The van der Waals surface area contributed by atoms with E-state index in [-0.39, 0.29) is 0 Å². The van der Waals surface area contributed by atoms with E-state index < -0.39 is 0 Å². The second kappa shape index (κ2) is 8.60. The van der Waals surface area contributed by atoms with Gasteiger partial charge in [-0.05, 0) is 37.6 Å². The average Bonchev–Trinajstić information content (AvgIpc) is 2.60. The van der Waals surface area contributed by atoms with Crippen molar-refractivity contribution < 1.29 is 9.47 Å². The van der Waals surface area contributed by atoms with Crippen molar-refractivity contribution in [1.29, 1.82) is 5.26 Å². The molecule has 0 aliphatic rings. The van der Waals surface area contributed by atoms with Crippen molar-refractivity contribution >= 4 is 11.6 Å². The van der Waals surface area contributed by atoms with Gasteiger partial charge >= 0.3 is 0 Å². The monoisotopic (exact) mass is 308 g/mol. The molecule has 118 valence electrons. The molecule has 0 unspecified atom stereocenters. The maximum Gasteiger partial charge on any atom is 0.168 e. The minimum absolute atomic E-state index is 0.487. The molecule has 0 amide bonds. The van der Waals surface area contributed by atoms with Crippen LogP contribution in [0.2, 0.25) is 0 Å². The van der Waals surface area contributed by atoms with Crippen LogP contribution in [-0.2, 0) is 0 Å². The highest BCUT2D eigenvalue weighted by molar-refractivity contribution is 5.89. The third-order valence-electron chi connectivity index (χ3n) is 3.12. The van der Waals surface area contributed by atoms with E-state index in [0.29, 0.717) is 36.0 Å². The van der Waals surface area contributed by atoms with Crippen LogP contribution >= 0.6 is 0 Å². The van der Waals surface area contributed by atoms with E-state index in [1.54, 1.807) is 12.3 Å². The largest absolute Gasteiger partial charge is 0.490 e. The predicted molar refractivity (Wildman–Crippen MR) is 91.1 cm³/mol. The first-order valence-corrected chi connectivity index (χ1v) is 7.72. The Hall–Kier alpha value is -2.80. The Morgan fingerprint density at radius 1 is 1.17 bits per heavy atom. The van der Waals surface area contributed by atoms with E-state index in [1.165, 1.54) is 0 Å². The summed E-state index contributed by atoms with van der Waals surface area (Å²) in [4.78, 5) is 4.23. The standard InChI is InChI=1S/C19H20N2O2/c1-3-12-23-19-15(8-7-10-18(19)22-4-2)13-16(14-20)17-9-5-6-11-21-17/h5-11,13H,3-4,12H2,1-2H3. The van der Waals surface area contributed by atoms with E-state index >= 15 is 0 Å². The first kappa shape index (κ1) is 16.6. The molecule has 1 heterocycles. The van der Waals surface area contributed by atoms with E-state index in [1.807, 2.05) is 50.2 Å². The first-order chi connectivity index (χ1) is 11.3. The Morgan fingerprint density at radius 2 is 2.04 bits per heavy atom. The molecule has 0 radical (unpaired) electrons. The highest BCUT2D eigenvalue weighted by atomic mass is 16.5. The fourth-order valence-corrected chi connectivity index (χ4v) is 2.12. The SMILES string of the molecule is CCCOc1c(C=C(C#N)c2ccccn2)cccc1OCC. The summed E-state index contributed by atoms with van der Waals surface area (Å²) in [5, 5.41) is 9.45. The molecule has 2 aromatic rings. The van der Waals surface area contributed by atoms with Crippen molar-refractivity contribution in [3.8, 4) is 17.6 Å². The van der Waals surface area contributed by atoms with Crippen molar-refractivity contribution in [1.82, 2.24) is 4.98 Å². The van der Waals surface area contributed by atoms with Crippen LogP contribution in [-0.4, -0.2) is 18.2 Å². The summed E-state index contributed by atoms with van der Waals surface area (Å²) in [7, 11) is 0. The zero-order valence-corrected chi connectivity index (χ0v) is 13.5. The smallest absolute Gasteiger partial charge is 0.168 e. The van der Waals surface area contributed by atoms with Gasteiger partial charge in [-0.2, -0.15) is 5.26 Å². The van der Waals surface area contributed by atoms with Gasteiger partial charge in [0.15, 0.2) is 11.5 Å². The zero-order valence-electron chi connectivity index (χ0n) is 13.5. The molecule has 1 aromatic heterocycles.